The largest absolute Gasteiger partial charge is 0.463 e. The van der Waals surface area contributed by atoms with Gasteiger partial charge in [0.25, 0.3) is 5.91 Å². The van der Waals surface area contributed by atoms with Gasteiger partial charge >= 0.3 is 12.5 Å². The van der Waals surface area contributed by atoms with Crippen molar-refractivity contribution in [2.75, 3.05) is 6.61 Å². The van der Waals surface area contributed by atoms with Gasteiger partial charge in [-0.15, -0.1) is 0 Å². The topological polar surface area (TPSA) is 116 Å². The monoisotopic (exact) mass is 732 g/mol. The van der Waals surface area contributed by atoms with Crippen molar-refractivity contribution in [3.63, 3.8) is 0 Å². The summed E-state index contributed by atoms with van der Waals surface area (Å²) in [5.41, 5.74) is 1.41. The number of amides is 1. The Hall–Kier alpha value is -3.59. The fourth-order valence-electron chi connectivity index (χ4n) is 5.14. The molecule has 16 heteroatoms. The number of ether oxygens (including phenoxy) is 1. The lowest BCUT2D eigenvalue weighted by Gasteiger charge is -2.33. The molecule has 1 amide bonds. The third-order valence-electron chi connectivity index (χ3n) is 7.40. The Morgan fingerprint density at radius 3 is 2.35 bits per heavy atom. The number of hydrogen-bond donors (Lipinski definition) is 1. The fourth-order valence-corrected chi connectivity index (χ4v) is 5.61. The molecule has 3 aromatic rings. The van der Waals surface area contributed by atoms with Crippen LogP contribution >= 0.6 is 27.5 Å². The van der Waals surface area contributed by atoms with Crippen LogP contribution in [-0.4, -0.2) is 56.2 Å². The van der Waals surface area contributed by atoms with Gasteiger partial charge in [0.1, 0.15) is 18.6 Å². The lowest BCUT2D eigenvalue weighted by atomic mass is 9.81. The number of hydrogen-bond acceptors (Lipinski definition) is 7. The predicted octanol–water partition coefficient (Wildman–Crippen LogP) is 7.21. The van der Waals surface area contributed by atoms with Crippen LogP contribution in [0.1, 0.15) is 64.3 Å². The Kier molecular flexibility index (Phi) is 10.2. The van der Waals surface area contributed by atoms with Gasteiger partial charge in [-0.2, -0.15) is 18.6 Å². The quantitative estimate of drug-likeness (QED) is 0.155. The molecule has 0 fully saturated rings. The van der Waals surface area contributed by atoms with E-state index in [0.29, 0.717) is 14.7 Å². The van der Waals surface area contributed by atoms with E-state index in [9.17, 15) is 27.2 Å². The zero-order chi connectivity index (χ0) is 34.2. The predicted molar refractivity (Wildman–Crippen MR) is 164 cm³/mol. The average molecular weight is 734 g/mol. The first-order chi connectivity index (χ1) is 21.4. The molecule has 46 heavy (non-hydrogen) atoms. The van der Waals surface area contributed by atoms with E-state index in [0.717, 1.165) is 11.2 Å². The van der Waals surface area contributed by atoms with Gasteiger partial charge in [0.2, 0.25) is 6.43 Å². The summed E-state index contributed by atoms with van der Waals surface area (Å²) in [5.74, 6) is -2.40. The lowest BCUT2D eigenvalue weighted by molar-refractivity contribution is -0.152. The van der Waals surface area contributed by atoms with Gasteiger partial charge in [0, 0.05) is 21.9 Å². The molecule has 0 aliphatic carbocycles. The summed E-state index contributed by atoms with van der Waals surface area (Å²) in [6.07, 6.45) is -3.00. The van der Waals surface area contributed by atoms with E-state index in [2.05, 4.69) is 31.0 Å². The number of rotatable bonds is 12. The zero-order valence-electron chi connectivity index (χ0n) is 25.2. The van der Waals surface area contributed by atoms with Crippen molar-refractivity contribution in [2.45, 2.75) is 70.8 Å². The zero-order valence-corrected chi connectivity index (χ0v) is 27.5. The second kappa shape index (κ2) is 13.3. The maximum Gasteiger partial charge on any atom is 0.335 e. The Balaban J connectivity index is 1.83. The summed E-state index contributed by atoms with van der Waals surface area (Å²) in [7, 11) is 0. The molecule has 0 saturated heterocycles. The highest BCUT2D eigenvalue weighted by atomic mass is 79.9. The molecule has 2 N–H and O–H groups in total. The molecule has 0 saturated carbocycles. The number of carbonyl (C=O) groups excluding carboxylic acids is 2. The summed E-state index contributed by atoms with van der Waals surface area (Å²) < 4.78 is 76.1. The molecule has 0 bridgehead atoms. The number of benzene rings is 2. The number of carbonyl (C=O) groups is 2. The number of nitrogens with two attached hydrogens (primary N) is 1. The van der Waals surface area contributed by atoms with E-state index in [1.54, 1.807) is 24.3 Å². The van der Waals surface area contributed by atoms with Crippen molar-refractivity contribution < 1.29 is 36.3 Å². The molecule has 0 radical (unpaired) electrons. The number of esters is 1. The van der Waals surface area contributed by atoms with E-state index in [1.807, 2.05) is 0 Å². The summed E-state index contributed by atoms with van der Waals surface area (Å²) in [4.78, 5) is 36.6. The number of aromatic nitrogens is 3. The molecule has 9 nitrogen and oxygen atoms in total. The third kappa shape index (κ3) is 7.35. The second-order valence-electron chi connectivity index (χ2n) is 12.1. The number of alkyl halides is 5. The molecular weight excluding hydrogens is 703 g/mol. The van der Waals surface area contributed by atoms with Crippen molar-refractivity contribution in [1.29, 1.82) is 0 Å². The third-order valence-corrected chi connectivity index (χ3v) is 8.26. The van der Waals surface area contributed by atoms with Crippen molar-refractivity contribution in [3.05, 3.63) is 69.4 Å². The fraction of sp³-hybridized carbons (Fsp3) is 0.433. The standard InChI is InChI=1S/C30H31BrClF5N6O3/c1-28(2,24(33)34)12-22(44)46-13-21(16-5-10-20(32)19(11-16)23-39-15-40-43(23)26(35)36)42-25(45)30(41-27(42)38,14-29(3,4)37)17-6-8-18(31)9-7-17/h5-11,15,21,24,26H,12-14H2,1-4H3,(H2,38,41)/t21-,30-/m1/s1. The van der Waals surface area contributed by atoms with Crippen molar-refractivity contribution in [1.82, 2.24) is 19.7 Å². The van der Waals surface area contributed by atoms with E-state index in [-0.39, 0.29) is 27.9 Å². The van der Waals surface area contributed by atoms with E-state index >= 15 is 4.39 Å². The van der Waals surface area contributed by atoms with Crippen LogP contribution in [0.15, 0.2) is 58.3 Å². The van der Waals surface area contributed by atoms with Crippen LogP contribution in [0.3, 0.4) is 0 Å². The Morgan fingerprint density at radius 2 is 1.76 bits per heavy atom. The summed E-state index contributed by atoms with van der Waals surface area (Å²) in [6, 6.07) is 9.33. The van der Waals surface area contributed by atoms with E-state index < -0.39 is 67.0 Å². The van der Waals surface area contributed by atoms with Crippen molar-refractivity contribution >= 4 is 45.4 Å². The molecule has 0 spiro atoms. The van der Waals surface area contributed by atoms with Gasteiger partial charge in [0.15, 0.2) is 17.3 Å². The molecule has 4 rings (SSSR count). The molecular formula is C30H31BrClF5N6O3. The molecule has 0 unspecified atom stereocenters. The molecule has 2 atom stereocenters. The molecule has 1 aliphatic rings. The van der Waals surface area contributed by atoms with Crippen LogP contribution in [-0.2, 0) is 19.9 Å². The first-order valence-corrected chi connectivity index (χ1v) is 15.1. The van der Waals surface area contributed by atoms with Gasteiger partial charge in [-0.25, -0.2) is 23.1 Å². The normalized spacial score (nSPS) is 18.0. The van der Waals surface area contributed by atoms with Gasteiger partial charge in [-0.3, -0.25) is 14.5 Å². The summed E-state index contributed by atoms with van der Waals surface area (Å²) >= 11 is 9.71. The Bertz CT molecular complexity index is 1630. The minimum absolute atomic E-state index is 0.00153. The first kappa shape index (κ1) is 35.3. The Labute approximate surface area is 275 Å². The molecule has 248 valence electrons. The maximum absolute atomic E-state index is 15.3. The van der Waals surface area contributed by atoms with Crippen LogP contribution in [0, 0.1) is 5.41 Å². The van der Waals surface area contributed by atoms with Crippen LogP contribution < -0.4 is 5.73 Å². The highest BCUT2D eigenvalue weighted by molar-refractivity contribution is 9.10. The average Bonchev–Trinajstić information content (AvgIpc) is 3.52. The SMILES string of the molecule is CC(C)(F)C[C@]1(c2ccc(Br)cc2)N=C(N)N([C@H](COC(=O)CC(C)(C)C(F)F)c2ccc(Cl)c(-c3ncnn3C(F)F)c2)C1=O. The second-order valence-corrected chi connectivity index (χ2v) is 13.4. The van der Waals surface area contributed by atoms with Gasteiger partial charge in [0.05, 0.1) is 17.5 Å². The summed E-state index contributed by atoms with van der Waals surface area (Å²) in [6.45, 7) is 1.28. The minimum atomic E-state index is -3.06. The summed E-state index contributed by atoms with van der Waals surface area (Å²) in [5, 5.41) is 3.54. The lowest BCUT2D eigenvalue weighted by Crippen LogP contribution is -2.48. The number of nitrogens with zero attached hydrogens (tertiary/aromatic N) is 5. The number of aliphatic imine (C=N–C) groups is 1. The molecule has 2 aromatic carbocycles. The molecule has 2 heterocycles. The van der Waals surface area contributed by atoms with Crippen LogP contribution in [0.25, 0.3) is 11.4 Å². The number of guanidine groups is 1. The maximum atomic E-state index is 15.3. The van der Waals surface area contributed by atoms with E-state index in [4.69, 9.17) is 22.1 Å². The van der Waals surface area contributed by atoms with Crippen LogP contribution in [0.2, 0.25) is 5.02 Å². The molecule has 1 aromatic heterocycles. The van der Waals surface area contributed by atoms with Crippen LogP contribution in [0.5, 0.6) is 0 Å². The Morgan fingerprint density at radius 1 is 1.11 bits per heavy atom. The highest BCUT2D eigenvalue weighted by Crippen LogP contribution is 2.44. The van der Waals surface area contributed by atoms with Gasteiger partial charge < -0.3 is 10.5 Å². The van der Waals surface area contributed by atoms with Crippen LogP contribution in [0.4, 0.5) is 22.0 Å². The number of halogens is 7. The van der Waals surface area contributed by atoms with Crippen molar-refractivity contribution in [2.24, 2.45) is 16.1 Å². The van der Waals surface area contributed by atoms with Gasteiger partial charge in [-0.1, -0.05) is 59.6 Å². The molecule has 1 aliphatic heterocycles. The van der Waals surface area contributed by atoms with Gasteiger partial charge in [-0.05, 0) is 49.2 Å². The smallest absolute Gasteiger partial charge is 0.335 e. The van der Waals surface area contributed by atoms with E-state index in [1.165, 1.54) is 45.9 Å². The minimum Gasteiger partial charge on any atom is -0.463 e. The highest BCUT2D eigenvalue weighted by Gasteiger charge is 2.54. The first-order valence-electron chi connectivity index (χ1n) is 13.9. The van der Waals surface area contributed by atoms with Crippen molar-refractivity contribution in [3.8, 4) is 11.4 Å².